The standard InChI is InChI=1S/C11H11N5O4/c1-15-6-13-14-10(15)5-12-9-3-2-7(16(19)20)4-8(9)11(17)18/h2-4,6,12H,5H2,1H3,(H,17,18). The van der Waals surface area contributed by atoms with Crippen LogP contribution in [0.5, 0.6) is 0 Å². The largest absolute Gasteiger partial charge is 0.478 e. The molecule has 0 bridgehead atoms. The topological polar surface area (TPSA) is 123 Å². The highest BCUT2D eigenvalue weighted by atomic mass is 16.6. The molecule has 20 heavy (non-hydrogen) atoms. The number of non-ortho nitro benzene ring substituents is 1. The van der Waals surface area contributed by atoms with Crippen LogP contribution in [0.3, 0.4) is 0 Å². The fourth-order valence-electron chi connectivity index (χ4n) is 1.62. The summed E-state index contributed by atoms with van der Waals surface area (Å²) in [5.74, 6) is -0.631. The second-order valence-electron chi connectivity index (χ2n) is 4.00. The first-order valence-electron chi connectivity index (χ1n) is 5.57. The first kappa shape index (κ1) is 13.5. The number of aromatic carboxylic acids is 1. The highest BCUT2D eigenvalue weighted by Crippen LogP contribution is 2.22. The number of hydrogen-bond acceptors (Lipinski definition) is 6. The van der Waals surface area contributed by atoms with Crippen LogP contribution in [-0.2, 0) is 13.6 Å². The van der Waals surface area contributed by atoms with Crippen molar-refractivity contribution >= 4 is 17.3 Å². The molecule has 0 unspecified atom stereocenters. The second kappa shape index (κ2) is 5.34. The van der Waals surface area contributed by atoms with Crippen molar-refractivity contribution in [2.45, 2.75) is 6.54 Å². The van der Waals surface area contributed by atoms with E-state index in [0.717, 1.165) is 6.07 Å². The Morgan fingerprint density at radius 3 is 2.85 bits per heavy atom. The highest BCUT2D eigenvalue weighted by Gasteiger charge is 2.16. The lowest BCUT2D eigenvalue weighted by molar-refractivity contribution is -0.384. The molecule has 0 spiro atoms. The zero-order valence-corrected chi connectivity index (χ0v) is 10.5. The van der Waals surface area contributed by atoms with E-state index < -0.39 is 10.9 Å². The Morgan fingerprint density at radius 1 is 1.55 bits per heavy atom. The quantitative estimate of drug-likeness (QED) is 0.618. The Kier molecular flexibility index (Phi) is 3.60. The van der Waals surface area contributed by atoms with Gasteiger partial charge >= 0.3 is 5.97 Å². The van der Waals surface area contributed by atoms with E-state index >= 15 is 0 Å². The average Bonchev–Trinajstić information content (AvgIpc) is 2.81. The van der Waals surface area contributed by atoms with Crippen molar-refractivity contribution < 1.29 is 14.8 Å². The summed E-state index contributed by atoms with van der Waals surface area (Å²) < 4.78 is 1.68. The number of hydrogen-bond donors (Lipinski definition) is 2. The highest BCUT2D eigenvalue weighted by molar-refractivity contribution is 5.95. The zero-order valence-electron chi connectivity index (χ0n) is 10.5. The summed E-state index contributed by atoms with van der Waals surface area (Å²) in [6.45, 7) is 0.259. The molecular weight excluding hydrogens is 266 g/mol. The van der Waals surface area contributed by atoms with Gasteiger partial charge in [0.15, 0.2) is 5.82 Å². The molecule has 2 N–H and O–H groups in total. The normalized spacial score (nSPS) is 10.2. The van der Waals surface area contributed by atoms with Gasteiger partial charge in [-0.2, -0.15) is 0 Å². The number of nitrogens with zero attached hydrogens (tertiary/aromatic N) is 4. The number of aromatic nitrogens is 3. The first-order chi connectivity index (χ1) is 9.49. The van der Waals surface area contributed by atoms with Gasteiger partial charge in [0.05, 0.1) is 17.0 Å². The van der Waals surface area contributed by atoms with Crippen LogP contribution in [0.4, 0.5) is 11.4 Å². The first-order valence-corrected chi connectivity index (χ1v) is 5.57. The molecule has 0 saturated heterocycles. The Morgan fingerprint density at radius 2 is 2.30 bits per heavy atom. The predicted octanol–water partition coefficient (Wildman–Crippen LogP) is 1.03. The third-order valence-corrected chi connectivity index (χ3v) is 2.69. The fraction of sp³-hybridized carbons (Fsp3) is 0.182. The van der Waals surface area contributed by atoms with Gasteiger partial charge in [-0.05, 0) is 6.07 Å². The van der Waals surface area contributed by atoms with Crippen LogP contribution in [0.25, 0.3) is 0 Å². The Bertz CT molecular complexity index is 667. The zero-order chi connectivity index (χ0) is 14.7. The minimum absolute atomic E-state index is 0.165. The van der Waals surface area contributed by atoms with Gasteiger partial charge in [0.1, 0.15) is 6.33 Å². The van der Waals surface area contributed by atoms with Gasteiger partial charge in [0, 0.05) is 24.9 Å². The van der Waals surface area contributed by atoms with Gasteiger partial charge in [0.25, 0.3) is 5.69 Å². The van der Waals surface area contributed by atoms with E-state index in [1.165, 1.54) is 18.5 Å². The molecule has 1 heterocycles. The van der Waals surface area contributed by atoms with Gasteiger partial charge < -0.3 is 15.0 Å². The molecule has 2 aromatic rings. The van der Waals surface area contributed by atoms with Crippen LogP contribution in [0.15, 0.2) is 24.5 Å². The molecule has 0 radical (unpaired) electrons. The van der Waals surface area contributed by atoms with E-state index in [1.807, 2.05) is 0 Å². The number of carbonyl (C=O) groups is 1. The number of rotatable bonds is 5. The van der Waals surface area contributed by atoms with Crippen LogP contribution in [0, 0.1) is 10.1 Å². The molecule has 1 aromatic heterocycles. The van der Waals surface area contributed by atoms with Crippen molar-refractivity contribution in [1.29, 1.82) is 0 Å². The summed E-state index contributed by atoms with van der Waals surface area (Å²) in [6.07, 6.45) is 1.52. The van der Waals surface area contributed by atoms with Crippen molar-refractivity contribution in [3.63, 3.8) is 0 Å². The van der Waals surface area contributed by atoms with Crippen molar-refractivity contribution in [1.82, 2.24) is 14.8 Å². The van der Waals surface area contributed by atoms with Crippen molar-refractivity contribution in [2.75, 3.05) is 5.32 Å². The lowest BCUT2D eigenvalue weighted by Gasteiger charge is -2.08. The van der Waals surface area contributed by atoms with Crippen molar-refractivity contribution in [2.24, 2.45) is 7.05 Å². The molecule has 0 aliphatic rings. The summed E-state index contributed by atoms with van der Waals surface area (Å²) in [5, 5.41) is 30.2. The molecule has 0 saturated carbocycles. The van der Waals surface area contributed by atoms with Gasteiger partial charge in [0.2, 0.25) is 0 Å². The number of carboxylic acids is 1. The number of nitro benzene ring substituents is 1. The Balaban J connectivity index is 2.25. The lowest BCUT2D eigenvalue weighted by atomic mass is 10.1. The number of anilines is 1. The summed E-state index contributed by atoms with van der Waals surface area (Å²) in [7, 11) is 1.75. The van der Waals surface area contributed by atoms with Crippen LogP contribution >= 0.6 is 0 Å². The van der Waals surface area contributed by atoms with Crippen LogP contribution in [-0.4, -0.2) is 30.8 Å². The SMILES string of the molecule is Cn1cnnc1CNc1ccc([N+](=O)[O-])cc1C(=O)O. The summed E-state index contributed by atoms with van der Waals surface area (Å²) in [5.41, 5.74) is -0.154. The number of nitrogens with one attached hydrogen (secondary N) is 1. The molecule has 0 atom stereocenters. The van der Waals surface area contributed by atoms with Crippen molar-refractivity contribution in [3.8, 4) is 0 Å². The van der Waals surface area contributed by atoms with Gasteiger partial charge in [-0.3, -0.25) is 10.1 Å². The molecule has 9 nitrogen and oxygen atoms in total. The Labute approximate surface area is 113 Å². The predicted molar refractivity (Wildman–Crippen MR) is 68.4 cm³/mol. The maximum atomic E-state index is 11.1. The van der Waals surface area contributed by atoms with Gasteiger partial charge in [-0.25, -0.2) is 4.79 Å². The molecule has 9 heteroatoms. The summed E-state index contributed by atoms with van der Waals surface area (Å²) in [4.78, 5) is 21.1. The third-order valence-electron chi connectivity index (χ3n) is 2.69. The maximum Gasteiger partial charge on any atom is 0.338 e. The fourth-order valence-corrected chi connectivity index (χ4v) is 1.62. The van der Waals surface area contributed by atoms with E-state index in [1.54, 1.807) is 11.6 Å². The van der Waals surface area contributed by atoms with Gasteiger partial charge in [-0.15, -0.1) is 10.2 Å². The molecule has 0 amide bonds. The van der Waals surface area contributed by atoms with E-state index in [4.69, 9.17) is 5.11 Å². The van der Waals surface area contributed by atoms with Crippen LogP contribution in [0.1, 0.15) is 16.2 Å². The number of nitro groups is 1. The smallest absolute Gasteiger partial charge is 0.338 e. The molecule has 0 aliphatic heterocycles. The summed E-state index contributed by atoms with van der Waals surface area (Å²) >= 11 is 0. The molecular formula is C11H11N5O4. The minimum Gasteiger partial charge on any atom is -0.478 e. The number of benzene rings is 1. The third kappa shape index (κ3) is 2.71. The molecule has 2 rings (SSSR count). The minimum atomic E-state index is -1.24. The van der Waals surface area contributed by atoms with E-state index in [0.29, 0.717) is 5.82 Å². The van der Waals surface area contributed by atoms with Crippen LogP contribution in [0.2, 0.25) is 0 Å². The Hall–Kier alpha value is -2.97. The lowest BCUT2D eigenvalue weighted by Crippen LogP contribution is -2.10. The number of carboxylic acid groups (broad SMARTS) is 1. The molecule has 104 valence electrons. The molecule has 0 fully saturated rings. The molecule has 1 aromatic carbocycles. The number of aryl methyl sites for hydroxylation is 1. The van der Waals surface area contributed by atoms with E-state index in [9.17, 15) is 14.9 Å². The maximum absolute atomic E-state index is 11.1. The average molecular weight is 277 g/mol. The summed E-state index contributed by atoms with van der Waals surface area (Å²) in [6, 6.07) is 3.62. The monoisotopic (exact) mass is 277 g/mol. The second-order valence-corrected chi connectivity index (χ2v) is 4.00. The van der Waals surface area contributed by atoms with E-state index in [2.05, 4.69) is 15.5 Å². The van der Waals surface area contributed by atoms with Crippen LogP contribution < -0.4 is 5.32 Å². The van der Waals surface area contributed by atoms with Crippen molar-refractivity contribution in [3.05, 3.63) is 46.0 Å². The van der Waals surface area contributed by atoms with Gasteiger partial charge in [-0.1, -0.05) is 0 Å². The molecule has 0 aliphatic carbocycles. The van der Waals surface area contributed by atoms with E-state index in [-0.39, 0.29) is 23.5 Å².